The topological polar surface area (TPSA) is 30.7 Å². The fourth-order valence-corrected chi connectivity index (χ4v) is 2.33. The molecule has 0 aliphatic heterocycles. The van der Waals surface area contributed by atoms with Crippen molar-refractivity contribution >= 4 is 22.9 Å². The molecule has 0 spiro atoms. The minimum Gasteiger partial charge on any atom is -0.263 e. The van der Waals surface area contributed by atoms with E-state index in [0.29, 0.717) is 5.88 Å². The predicted molar refractivity (Wildman–Crippen MR) is 58.6 cm³/mol. The highest BCUT2D eigenvalue weighted by Crippen LogP contribution is 2.23. The van der Waals surface area contributed by atoms with Gasteiger partial charge in [-0.1, -0.05) is 0 Å². The molecular formula is C9H10ClN3S. The van der Waals surface area contributed by atoms with Crippen LogP contribution in [0.2, 0.25) is 0 Å². The number of hydrogen-bond acceptors (Lipinski definition) is 3. The zero-order valence-electron chi connectivity index (χ0n) is 7.77. The van der Waals surface area contributed by atoms with Gasteiger partial charge >= 0.3 is 0 Å². The Hall–Kier alpha value is -0.870. The molecule has 0 bridgehead atoms. The zero-order valence-corrected chi connectivity index (χ0v) is 9.35. The van der Waals surface area contributed by atoms with Crippen LogP contribution in [0.1, 0.15) is 12.6 Å². The fourth-order valence-electron chi connectivity index (χ4n) is 1.25. The lowest BCUT2D eigenvalue weighted by atomic mass is 10.4. The molecular weight excluding hydrogens is 218 g/mol. The molecule has 0 atom stereocenters. The van der Waals surface area contributed by atoms with Gasteiger partial charge in [0.15, 0.2) is 0 Å². The van der Waals surface area contributed by atoms with Crippen LogP contribution in [0.15, 0.2) is 17.6 Å². The van der Waals surface area contributed by atoms with Gasteiger partial charge in [0.05, 0.1) is 17.3 Å². The minimum atomic E-state index is 0.469. The second-order valence-electron chi connectivity index (χ2n) is 2.81. The molecule has 0 unspecified atom stereocenters. The molecule has 0 aromatic carbocycles. The van der Waals surface area contributed by atoms with Gasteiger partial charge in [-0.25, -0.2) is 4.98 Å². The van der Waals surface area contributed by atoms with Gasteiger partial charge in [0.1, 0.15) is 5.01 Å². The van der Waals surface area contributed by atoms with Crippen LogP contribution in [0.25, 0.3) is 10.7 Å². The molecule has 74 valence electrons. The second-order valence-corrected chi connectivity index (χ2v) is 3.94. The molecule has 2 heterocycles. The molecule has 0 aliphatic rings. The third kappa shape index (κ3) is 1.67. The van der Waals surface area contributed by atoms with Crippen molar-refractivity contribution in [3.8, 4) is 10.7 Å². The number of halogens is 1. The fraction of sp³-hybridized carbons (Fsp3) is 0.333. The first-order valence-corrected chi connectivity index (χ1v) is 5.79. The first-order valence-electron chi connectivity index (χ1n) is 4.37. The molecule has 0 fully saturated rings. The standard InChI is InChI=1S/C9H10ClN3S/c1-2-13-8(3-4-11-13)9-12-7(5-10)6-14-9/h3-4,6H,2,5H2,1H3. The summed E-state index contributed by atoms with van der Waals surface area (Å²) in [4.78, 5) is 4.41. The number of nitrogens with zero attached hydrogens (tertiary/aromatic N) is 3. The van der Waals surface area contributed by atoms with Gasteiger partial charge in [-0.05, 0) is 13.0 Å². The Morgan fingerprint density at radius 3 is 3.07 bits per heavy atom. The molecule has 5 heteroatoms. The van der Waals surface area contributed by atoms with E-state index in [1.807, 2.05) is 16.1 Å². The van der Waals surface area contributed by atoms with E-state index in [2.05, 4.69) is 17.0 Å². The quantitative estimate of drug-likeness (QED) is 0.755. The van der Waals surface area contributed by atoms with Gasteiger partial charge in [-0.3, -0.25) is 4.68 Å². The monoisotopic (exact) mass is 227 g/mol. The van der Waals surface area contributed by atoms with Crippen molar-refractivity contribution in [1.82, 2.24) is 14.8 Å². The van der Waals surface area contributed by atoms with Gasteiger partial charge in [0.25, 0.3) is 0 Å². The maximum atomic E-state index is 5.70. The largest absolute Gasteiger partial charge is 0.263 e. The Balaban J connectivity index is 2.38. The van der Waals surface area contributed by atoms with Crippen molar-refractivity contribution in [3.05, 3.63) is 23.3 Å². The summed E-state index contributed by atoms with van der Waals surface area (Å²) in [7, 11) is 0. The molecule has 0 saturated heterocycles. The summed E-state index contributed by atoms with van der Waals surface area (Å²) >= 11 is 7.30. The molecule has 0 aliphatic carbocycles. The van der Waals surface area contributed by atoms with Crippen molar-refractivity contribution < 1.29 is 0 Å². The Labute approximate surface area is 91.4 Å². The zero-order chi connectivity index (χ0) is 9.97. The lowest BCUT2D eigenvalue weighted by Gasteiger charge is -1.99. The van der Waals surface area contributed by atoms with Crippen molar-refractivity contribution in [2.24, 2.45) is 0 Å². The highest BCUT2D eigenvalue weighted by Gasteiger charge is 2.08. The van der Waals surface area contributed by atoms with E-state index in [9.17, 15) is 0 Å². The summed E-state index contributed by atoms with van der Waals surface area (Å²) in [5.74, 6) is 0.469. The Kier molecular flexibility index (Phi) is 2.84. The van der Waals surface area contributed by atoms with Gasteiger partial charge in [0.2, 0.25) is 0 Å². The Morgan fingerprint density at radius 1 is 1.57 bits per heavy atom. The van der Waals surface area contributed by atoms with Crippen LogP contribution in [0.3, 0.4) is 0 Å². The second kappa shape index (κ2) is 4.11. The summed E-state index contributed by atoms with van der Waals surface area (Å²) in [5.41, 5.74) is 1.99. The van der Waals surface area contributed by atoms with Crippen molar-refractivity contribution in [2.45, 2.75) is 19.3 Å². The normalized spacial score (nSPS) is 10.7. The van der Waals surface area contributed by atoms with Crippen molar-refractivity contribution in [1.29, 1.82) is 0 Å². The number of aromatic nitrogens is 3. The summed E-state index contributed by atoms with van der Waals surface area (Å²) in [6, 6.07) is 1.97. The molecule has 2 aromatic rings. The van der Waals surface area contributed by atoms with Crippen LogP contribution >= 0.6 is 22.9 Å². The van der Waals surface area contributed by atoms with E-state index < -0.39 is 0 Å². The number of alkyl halides is 1. The molecule has 3 nitrogen and oxygen atoms in total. The molecule has 14 heavy (non-hydrogen) atoms. The Bertz CT molecular complexity index is 421. The maximum Gasteiger partial charge on any atom is 0.141 e. The average Bonchev–Trinajstić information content (AvgIpc) is 2.85. The number of hydrogen-bond donors (Lipinski definition) is 0. The van der Waals surface area contributed by atoms with E-state index in [4.69, 9.17) is 11.6 Å². The Morgan fingerprint density at radius 2 is 2.43 bits per heavy atom. The summed E-state index contributed by atoms with van der Waals surface area (Å²) in [6.07, 6.45) is 1.79. The highest BCUT2D eigenvalue weighted by molar-refractivity contribution is 7.13. The molecule has 2 rings (SSSR count). The SMILES string of the molecule is CCn1nccc1-c1nc(CCl)cs1. The van der Waals surface area contributed by atoms with Gasteiger partial charge in [0, 0.05) is 18.1 Å². The predicted octanol–water partition coefficient (Wildman–Crippen LogP) is 2.77. The van der Waals surface area contributed by atoms with Gasteiger partial charge in [-0.15, -0.1) is 22.9 Å². The highest BCUT2D eigenvalue weighted by atomic mass is 35.5. The van der Waals surface area contributed by atoms with E-state index in [1.165, 1.54) is 0 Å². The third-order valence-electron chi connectivity index (χ3n) is 1.92. The first kappa shape index (κ1) is 9.68. The number of aryl methyl sites for hydroxylation is 1. The van der Waals surface area contributed by atoms with Gasteiger partial charge < -0.3 is 0 Å². The van der Waals surface area contributed by atoms with E-state index in [1.54, 1.807) is 17.5 Å². The van der Waals surface area contributed by atoms with E-state index >= 15 is 0 Å². The van der Waals surface area contributed by atoms with Crippen LogP contribution in [-0.4, -0.2) is 14.8 Å². The van der Waals surface area contributed by atoms with Crippen molar-refractivity contribution in [2.75, 3.05) is 0 Å². The van der Waals surface area contributed by atoms with Crippen LogP contribution < -0.4 is 0 Å². The number of rotatable bonds is 3. The summed E-state index contributed by atoms with van der Waals surface area (Å²) in [5, 5.41) is 7.16. The molecule has 0 radical (unpaired) electrons. The molecule has 2 aromatic heterocycles. The minimum absolute atomic E-state index is 0.469. The van der Waals surface area contributed by atoms with Gasteiger partial charge in [-0.2, -0.15) is 5.10 Å². The van der Waals surface area contributed by atoms with E-state index in [-0.39, 0.29) is 0 Å². The molecule has 0 saturated carbocycles. The van der Waals surface area contributed by atoms with Crippen LogP contribution in [0.4, 0.5) is 0 Å². The summed E-state index contributed by atoms with van der Waals surface area (Å²) in [6.45, 7) is 2.92. The lowest BCUT2D eigenvalue weighted by Crippen LogP contribution is -1.98. The van der Waals surface area contributed by atoms with Crippen LogP contribution in [-0.2, 0) is 12.4 Å². The average molecular weight is 228 g/mol. The number of thiazole rings is 1. The van der Waals surface area contributed by atoms with Crippen molar-refractivity contribution in [3.63, 3.8) is 0 Å². The lowest BCUT2D eigenvalue weighted by molar-refractivity contribution is 0.666. The smallest absolute Gasteiger partial charge is 0.141 e. The molecule has 0 amide bonds. The first-order chi connectivity index (χ1) is 6.85. The van der Waals surface area contributed by atoms with Crippen LogP contribution in [0, 0.1) is 0 Å². The maximum absolute atomic E-state index is 5.70. The molecule has 0 N–H and O–H groups in total. The summed E-state index contributed by atoms with van der Waals surface area (Å²) < 4.78 is 1.93. The van der Waals surface area contributed by atoms with E-state index in [0.717, 1.165) is 22.9 Å². The van der Waals surface area contributed by atoms with Crippen LogP contribution in [0.5, 0.6) is 0 Å². The third-order valence-corrected chi connectivity index (χ3v) is 3.11.